The Morgan fingerprint density at radius 1 is 1.24 bits per heavy atom. The average molecular weight is 377 g/mol. The van der Waals surface area contributed by atoms with Crippen molar-refractivity contribution in [1.82, 2.24) is 4.98 Å². The number of carbonyl (C=O) groups excluding carboxylic acids is 1. The molecule has 0 unspecified atom stereocenters. The number of rotatable bonds is 5. The van der Waals surface area contributed by atoms with Crippen LogP contribution in [-0.2, 0) is 6.61 Å². The Labute approximate surface area is 154 Å². The molecule has 2 heterocycles. The molecule has 3 rings (SSSR count). The standard InChI is InChI=1S/C18H14Cl2N2O3/c1-11-9-12(4-6-14(11)19)24-10-13-5-7-16(25-13)18(23)22-15-3-2-8-21-17(15)20/h2-9H,10H2,1H3,(H,22,23). The molecule has 0 fully saturated rings. The molecule has 128 valence electrons. The van der Waals surface area contributed by atoms with Gasteiger partial charge in [-0.15, -0.1) is 0 Å². The zero-order chi connectivity index (χ0) is 17.8. The van der Waals surface area contributed by atoms with Gasteiger partial charge in [0.15, 0.2) is 10.9 Å². The maximum Gasteiger partial charge on any atom is 0.291 e. The second-order valence-corrected chi connectivity index (χ2v) is 6.03. The summed E-state index contributed by atoms with van der Waals surface area (Å²) in [5, 5.41) is 3.54. The number of nitrogens with zero attached hydrogens (tertiary/aromatic N) is 1. The molecule has 1 aromatic carbocycles. The van der Waals surface area contributed by atoms with Crippen molar-refractivity contribution >= 4 is 34.8 Å². The van der Waals surface area contributed by atoms with Gasteiger partial charge < -0.3 is 14.5 Å². The first-order valence-corrected chi connectivity index (χ1v) is 8.18. The first-order valence-electron chi connectivity index (χ1n) is 7.42. The summed E-state index contributed by atoms with van der Waals surface area (Å²) in [5.74, 6) is 0.941. The number of hydrogen-bond acceptors (Lipinski definition) is 4. The van der Waals surface area contributed by atoms with Crippen LogP contribution in [0.2, 0.25) is 10.2 Å². The summed E-state index contributed by atoms with van der Waals surface area (Å²) in [4.78, 5) is 16.1. The van der Waals surface area contributed by atoms with Gasteiger partial charge in [0, 0.05) is 11.2 Å². The highest BCUT2D eigenvalue weighted by molar-refractivity contribution is 6.32. The average Bonchev–Trinajstić information content (AvgIpc) is 3.07. The Bertz CT molecular complexity index is 909. The number of anilines is 1. The van der Waals surface area contributed by atoms with Crippen LogP contribution in [0.25, 0.3) is 0 Å². The highest BCUT2D eigenvalue weighted by Crippen LogP contribution is 2.23. The third-order valence-electron chi connectivity index (χ3n) is 3.40. The van der Waals surface area contributed by atoms with Crippen LogP contribution in [0.5, 0.6) is 5.75 Å². The maximum atomic E-state index is 12.2. The molecular formula is C18H14Cl2N2O3. The van der Waals surface area contributed by atoms with Gasteiger partial charge in [0.1, 0.15) is 18.1 Å². The van der Waals surface area contributed by atoms with E-state index in [0.29, 0.717) is 22.2 Å². The summed E-state index contributed by atoms with van der Waals surface area (Å²) >= 11 is 11.9. The molecule has 0 bridgehead atoms. The molecule has 0 spiro atoms. The second-order valence-electron chi connectivity index (χ2n) is 5.26. The summed E-state index contributed by atoms with van der Waals surface area (Å²) in [6, 6.07) is 12.0. The van der Waals surface area contributed by atoms with Gasteiger partial charge in [-0.2, -0.15) is 0 Å². The van der Waals surface area contributed by atoms with Crippen molar-refractivity contribution in [1.29, 1.82) is 0 Å². The van der Waals surface area contributed by atoms with Crippen molar-refractivity contribution in [2.45, 2.75) is 13.5 Å². The fourth-order valence-electron chi connectivity index (χ4n) is 2.10. The van der Waals surface area contributed by atoms with Crippen LogP contribution in [0, 0.1) is 6.92 Å². The highest BCUT2D eigenvalue weighted by atomic mass is 35.5. The molecule has 0 aliphatic rings. The summed E-state index contributed by atoms with van der Waals surface area (Å²) in [6.45, 7) is 2.09. The third-order valence-corrected chi connectivity index (χ3v) is 4.13. The molecule has 0 atom stereocenters. The zero-order valence-electron chi connectivity index (χ0n) is 13.3. The highest BCUT2D eigenvalue weighted by Gasteiger charge is 2.13. The molecule has 1 amide bonds. The summed E-state index contributed by atoms with van der Waals surface area (Å²) in [5.41, 5.74) is 1.34. The normalized spacial score (nSPS) is 10.5. The SMILES string of the molecule is Cc1cc(OCc2ccc(C(=O)Nc3cccnc3Cl)o2)ccc1Cl. The monoisotopic (exact) mass is 376 g/mol. The molecule has 0 aliphatic heterocycles. The van der Waals surface area contributed by atoms with Crippen molar-refractivity contribution < 1.29 is 13.9 Å². The molecule has 0 aliphatic carbocycles. The topological polar surface area (TPSA) is 64.4 Å². The number of aryl methyl sites for hydroxylation is 1. The minimum Gasteiger partial charge on any atom is -0.486 e. The number of carbonyl (C=O) groups is 1. The van der Waals surface area contributed by atoms with Crippen LogP contribution in [0.3, 0.4) is 0 Å². The van der Waals surface area contributed by atoms with E-state index in [1.807, 2.05) is 13.0 Å². The van der Waals surface area contributed by atoms with Crippen molar-refractivity contribution in [3.63, 3.8) is 0 Å². The summed E-state index contributed by atoms with van der Waals surface area (Å²) < 4.78 is 11.1. The van der Waals surface area contributed by atoms with Gasteiger partial charge >= 0.3 is 0 Å². The summed E-state index contributed by atoms with van der Waals surface area (Å²) in [6.07, 6.45) is 1.54. The number of furan rings is 1. The zero-order valence-corrected chi connectivity index (χ0v) is 14.8. The lowest BCUT2D eigenvalue weighted by Gasteiger charge is -2.06. The Balaban J connectivity index is 1.62. The number of benzene rings is 1. The van der Waals surface area contributed by atoms with E-state index in [0.717, 1.165) is 5.56 Å². The maximum absolute atomic E-state index is 12.2. The lowest BCUT2D eigenvalue weighted by molar-refractivity contribution is 0.0992. The van der Waals surface area contributed by atoms with Crippen molar-refractivity contribution in [2.75, 3.05) is 5.32 Å². The van der Waals surface area contributed by atoms with Crippen LogP contribution >= 0.6 is 23.2 Å². The largest absolute Gasteiger partial charge is 0.486 e. The summed E-state index contributed by atoms with van der Waals surface area (Å²) in [7, 11) is 0. The number of pyridine rings is 1. The van der Waals surface area contributed by atoms with Gasteiger partial charge in [0.2, 0.25) is 0 Å². The Kier molecular flexibility index (Phi) is 5.26. The van der Waals surface area contributed by atoms with E-state index >= 15 is 0 Å². The molecular weight excluding hydrogens is 363 g/mol. The number of halogens is 2. The van der Waals surface area contributed by atoms with Gasteiger partial charge in [0.05, 0.1) is 5.69 Å². The first kappa shape index (κ1) is 17.3. The molecule has 3 aromatic rings. The number of amides is 1. The van der Waals surface area contributed by atoms with Crippen LogP contribution in [0.4, 0.5) is 5.69 Å². The van der Waals surface area contributed by atoms with Gasteiger partial charge in [-0.25, -0.2) is 4.98 Å². The molecule has 1 N–H and O–H groups in total. The molecule has 0 radical (unpaired) electrons. The lowest BCUT2D eigenvalue weighted by atomic mass is 10.2. The van der Waals surface area contributed by atoms with E-state index in [4.69, 9.17) is 32.4 Å². The van der Waals surface area contributed by atoms with Gasteiger partial charge in [-0.1, -0.05) is 23.2 Å². The quantitative estimate of drug-likeness (QED) is 0.627. The minimum atomic E-state index is -0.413. The Hall–Kier alpha value is -2.50. The van der Waals surface area contributed by atoms with E-state index in [1.165, 1.54) is 0 Å². The van der Waals surface area contributed by atoms with Gasteiger partial charge in [-0.05, 0) is 55.0 Å². The second kappa shape index (κ2) is 7.59. The lowest BCUT2D eigenvalue weighted by Crippen LogP contribution is -2.11. The molecule has 25 heavy (non-hydrogen) atoms. The van der Waals surface area contributed by atoms with E-state index in [9.17, 15) is 4.79 Å². The van der Waals surface area contributed by atoms with Crippen LogP contribution < -0.4 is 10.1 Å². The predicted octanol–water partition coefficient (Wildman–Crippen LogP) is 5.12. The van der Waals surface area contributed by atoms with E-state index < -0.39 is 5.91 Å². The fraction of sp³-hybridized carbons (Fsp3) is 0.111. The number of nitrogens with one attached hydrogen (secondary N) is 1. The third kappa shape index (κ3) is 4.32. The molecule has 0 saturated carbocycles. The minimum absolute atomic E-state index is 0.158. The van der Waals surface area contributed by atoms with Gasteiger partial charge in [0.25, 0.3) is 5.91 Å². The first-order chi connectivity index (χ1) is 12.0. The van der Waals surface area contributed by atoms with Crippen LogP contribution in [0.15, 0.2) is 53.1 Å². The van der Waals surface area contributed by atoms with Crippen LogP contribution in [-0.4, -0.2) is 10.9 Å². The van der Waals surface area contributed by atoms with E-state index in [1.54, 1.807) is 42.6 Å². The number of ether oxygens (including phenoxy) is 1. The molecule has 7 heteroatoms. The van der Waals surface area contributed by atoms with E-state index in [2.05, 4.69) is 10.3 Å². The Morgan fingerprint density at radius 2 is 2.08 bits per heavy atom. The predicted molar refractivity (Wildman–Crippen MR) is 96.4 cm³/mol. The van der Waals surface area contributed by atoms with Crippen molar-refractivity contribution in [2.24, 2.45) is 0 Å². The Morgan fingerprint density at radius 3 is 2.84 bits per heavy atom. The van der Waals surface area contributed by atoms with Crippen molar-refractivity contribution in [3.05, 3.63) is 75.9 Å². The molecule has 5 nitrogen and oxygen atoms in total. The molecule has 0 saturated heterocycles. The smallest absolute Gasteiger partial charge is 0.291 e. The van der Waals surface area contributed by atoms with E-state index in [-0.39, 0.29) is 17.5 Å². The number of hydrogen-bond donors (Lipinski definition) is 1. The fourth-order valence-corrected chi connectivity index (χ4v) is 2.39. The van der Waals surface area contributed by atoms with Crippen molar-refractivity contribution in [3.8, 4) is 5.75 Å². The van der Waals surface area contributed by atoms with Crippen LogP contribution in [0.1, 0.15) is 21.9 Å². The number of aromatic nitrogens is 1. The van der Waals surface area contributed by atoms with Gasteiger partial charge in [-0.3, -0.25) is 4.79 Å². The molecule has 2 aromatic heterocycles.